The third-order valence-electron chi connectivity index (χ3n) is 4.25. The molecule has 118 valence electrons. The standard InChI is InChI=1S/C19H30O2/c1-5-7-8-18(21)16-11-9-15(10-12-16)13-17(20)14-19(3,4)6-2/h9-12,17,20H,5-8,13-14H2,1-4H3. The van der Waals surface area contributed by atoms with Gasteiger partial charge in [0, 0.05) is 12.0 Å². The van der Waals surface area contributed by atoms with Crippen LogP contribution in [-0.4, -0.2) is 17.0 Å². The third kappa shape index (κ3) is 6.43. The molecule has 0 bridgehead atoms. The van der Waals surface area contributed by atoms with Gasteiger partial charge in [-0.1, -0.05) is 64.8 Å². The lowest BCUT2D eigenvalue weighted by molar-refractivity contribution is 0.0979. The fourth-order valence-corrected chi connectivity index (χ4v) is 2.43. The zero-order valence-electron chi connectivity index (χ0n) is 14.0. The van der Waals surface area contributed by atoms with E-state index in [4.69, 9.17) is 0 Å². The third-order valence-corrected chi connectivity index (χ3v) is 4.25. The SMILES string of the molecule is CCCCC(=O)c1ccc(CC(O)CC(C)(C)CC)cc1. The number of carbonyl (C=O) groups excluding carboxylic acids is 1. The van der Waals surface area contributed by atoms with Crippen LogP contribution in [0.4, 0.5) is 0 Å². The van der Waals surface area contributed by atoms with Gasteiger partial charge in [0.15, 0.2) is 5.78 Å². The number of Topliss-reactive ketones (excluding diaryl/α,β-unsaturated/α-hetero) is 1. The van der Waals surface area contributed by atoms with Crippen LogP contribution < -0.4 is 0 Å². The topological polar surface area (TPSA) is 37.3 Å². The Bertz CT molecular complexity index is 431. The monoisotopic (exact) mass is 290 g/mol. The summed E-state index contributed by atoms with van der Waals surface area (Å²) in [7, 11) is 0. The van der Waals surface area contributed by atoms with Crippen molar-refractivity contribution in [3.8, 4) is 0 Å². The van der Waals surface area contributed by atoms with Crippen molar-refractivity contribution >= 4 is 5.78 Å². The zero-order chi connectivity index (χ0) is 15.9. The predicted molar refractivity (Wildman–Crippen MR) is 88.7 cm³/mol. The molecule has 1 N–H and O–H groups in total. The van der Waals surface area contributed by atoms with Crippen LogP contribution in [0.5, 0.6) is 0 Å². The van der Waals surface area contributed by atoms with Crippen molar-refractivity contribution in [2.45, 2.75) is 72.3 Å². The fraction of sp³-hybridized carbons (Fsp3) is 0.632. The summed E-state index contributed by atoms with van der Waals surface area (Å²) in [5, 5.41) is 10.2. The smallest absolute Gasteiger partial charge is 0.162 e. The van der Waals surface area contributed by atoms with Gasteiger partial charge in [0.1, 0.15) is 0 Å². The van der Waals surface area contributed by atoms with E-state index in [2.05, 4.69) is 27.7 Å². The molecule has 0 saturated heterocycles. The zero-order valence-corrected chi connectivity index (χ0v) is 14.0. The summed E-state index contributed by atoms with van der Waals surface area (Å²) in [5.74, 6) is 0.219. The van der Waals surface area contributed by atoms with E-state index >= 15 is 0 Å². The Hall–Kier alpha value is -1.15. The maximum Gasteiger partial charge on any atom is 0.162 e. The van der Waals surface area contributed by atoms with E-state index in [9.17, 15) is 9.90 Å². The summed E-state index contributed by atoms with van der Waals surface area (Å²) in [6.45, 7) is 8.62. The average molecular weight is 290 g/mol. The summed E-state index contributed by atoms with van der Waals surface area (Å²) >= 11 is 0. The van der Waals surface area contributed by atoms with Gasteiger partial charge in [0.25, 0.3) is 0 Å². The Labute approximate surface area is 129 Å². The quantitative estimate of drug-likeness (QED) is 0.664. The molecule has 0 radical (unpaired) electrons. The van der Waals surface area contributed by atoms with Crippen molar-refractivity contribution in [2.75, 3.05) is 0 Å². The summed E-state index contributed by atoms with van der Waals surface area (Å²) in [4.78, 5) is 11.9. The maximum absolute atomic E-state index is 11.9. The van der Waals surface area contributed by atoms with Gasteiger partial charge < -0.3 is 5.11 Å². The van der Waals surface area contributed by atoms with E-state index in [-0.39, 0.29) is 17.3 Å². The van der Waals surface area contributed by atoms with E-state index < -0.39 is 0 Å². The van der Waals surface area contributed by atoms with Crippen LogP contribution in [0.2, 0.25) is 0 Å². The minimum absolute atomic E-state index is 0.176. The highest BCUT2D eigenvalue weighted by Gasteiger charge is 2.20. The fourth-order valence-electron chi connectivity index (χ4n) is 2.43. The molecule has 0 saturated carbocycles. The van der Waals surface area contributed by atoms with E-state index in [0.29, 0.717) is 12.8 Å². The summed E-state index contributed by atoms with van der Waals surface area (Å²) in [6.07, 6.45) is 4.84. The molecule has 1 unspecified atom stereocenters. The van der Waals surface area contributed by atoms with Gasteiger partial charge in [0.05, 0.1) is 6.10 Å². The number of aliphatic hydroxyl groups is 1. The summed E-state index contributed by atoms with van der Waals surface area (Å²) in [5.41, 5.74) is 2.06. The van der Waals surface area contributed by atoms with Gasteiger partial charge >= 0.3 is 0 Å². The van der Waals surface area contributed by atoms with Crippen LogP contribution in [-0.2, 0) is 6.42 Å². The first-order valence-corrected chi connectivity index (χ1v) is 8.18. The first kappa shape index (κ1) is 17.9. The molecule has 0 aliphatic heterocycles. The van der Waals surface area contributed by atoms with Crippen LogP contribution in [0, 0.1) is 5.41 Å². The van der Waals surface area contributed by atoms with Gasteiger partial charge in [-0.15, -0.1) is 0 Å². The molecular weight excluding hydrogens is 260 g/mol. The van der Waals surface area contributed by atoms with Crippen LogP contribution in [0.3, 0.4) is 0 Å². The number of hydrogen-bond donors (Lipinski definition) is 1. The minimum Gasteiger partial charge on any atom is -0.393 e. The van der Waals surface area contributed by atoms with Crippen molar-refractivity contribution in [3.63, 3.8) is 0 Å². The molecule has 0 aromatic heterocycles. The first-order chi connectivity index (χ1) is 9.88. The minimum atomic E-state index is -0.318. The molecule has 2 heteroatoms. The lowest BCUT2D eigenvalue weighted by Gasteiger charge is -2.25. The van der Waals surface area contributed by atoms with Gasteiger partial charge in [-0.3, -0.25) is 4.79 Å². The molecule has 0 spiro atoms. The summed E-state index contributed by atoms with van der Waals surface area (Å²) < 4.78 is 0. The molecular formula is C19H30O2. The Morgan fingerprint density at radius 3 is 2.33 bits per heavy atom. The van der Waals surface area contributed by atoms with Crippen molar-refractivity contribution in [1.82, 2.24) is 0 Å². The molecule has 0 aliphatic carbocycles. The van der Waals surface area contributed by atoms with E-state index in [1.165, 1.54) is 0 Å². The second kappa shape index (κ2) is 8.33. The molecule has 2 nitrogen and oxygen atoms in total. The normalized spacial score (nSPS) is 13.2. The van der Waals surface area contributed by atoms with Gasteiger partial charge in [-0.25, -0.2) is 0 Å². The summed E-state index contributed by atoms with van der Waals surface area (Å²) in [6, 6.07) is 7.73. The van der Waals surface area contributed by atoms with E-state index in [1.807, 2.05) is 24.3 Å². The van der Waals surface area contributed by atoms with Crippen molar-refractivity contribution in [2.24, 2.45) is 5.41 Å². The Morgan fingerprint density at radius 1 is 1.19 bits per heavy atom. The average Bonchev–Trinajstić information content (AvgIpc) is 2.45. The lowest BCUT2D eigenvalue weighted by Crippen LogP contribution is -2.21. The second-order valence-corrected chi connectivity index (χ2v) is 6.80. The number of aliphatic hydroxyl groups excluding tert-OH is 1. The number of rotatable bonds is 9. The largest absolute Gasteiger partial charge is 0.393 e. The predicted octanol–water partition coefficient (Wildman–Crippen LogP) is 4.79. The highest BCUT2D eigenvalue weighted by atomic mass is 16.3. The van der Waals surface area contributed by atoms with E-state index in [1.54, 1.807) is 0 Å². The molecule has 21 heavy (non-hydrogen) atoms. The molecule has 1 rings (SSSR count). The van der Waals surface area contributed by atoms with Gasteiger partial charge in [-0.2, -0.15) is 0 Å². The Kier molecular flexibility index (Phi) is 7.10. The molecule has 0 aliphatic rings. The van der Waals surface area contributed by atoms with Crippen LogP contribution in [0.1, 0.15) is 75.7 Å². The highest BCUT2D eigenvalue weighted by molar-refractivity contribution is 5.96. The molecule has 0 fully saturated rings. The highest BCUT2D eigenvalue weighted by Crippen LogP contribution is 2.27. The molecule has 1 aromatic rings. The van der Waals surface area contributed by atoms with Crippen molar-refractivity contribution in [3.05, 3.63) is 35.4 Å². The maximum atomic E-state index is 11.9. The van der Waals surface area contributed by atoms with Crippen molar-refractivity contribution in [1.29, 1.82) is 0 Å². The Balaban J connectivity index is 2.56. The first-order valence-electron chi connectivity index (χ1n) is 8.18. The molecule has 1 aromatic carbocycles. The Morgan fingerprint density at radius 2 is 1.81 bits per heavy atom. The number of carbonyl (C=O) groups is 1. The molecule has 0 amide bonds. The number of hydrogen-bond acceptors (Lipinski definition) is 2. The van der Waals surface area contributed by atoms with Crippen LogP contribution in [0.25, 0.3) is 0 Å². The second-order valence-electron chi connectivity index (χ2n) is 6.80. The van der Waals surface area contributed by atoms with Crippen molar-refractivity contribution < 1.29 is 9.90 Å². The van der Waals surface area contributed by atoms with Crippen LogP contribution >= 0.6 is 0 Å². The van der Waals surface area contributed by atoms with Gasteiger partial charge in [-0.05, 0) is 30.2 Å². The molecule has 1 atom stereocenters. The lowest BCUT2D eigenvalue weighted by atomic mass is 9.83. The van der Waals surface area contributed by atoms with E-state index in [0.717, 1.165) is 36.8 Å². The van der Waals surface area contributed by atoms with Gasteiger partial charge in [0.2, 0.25) is 0 Å². The number of ketones is 1. The van der Waals surface area contributed by atoms with Crippen LogP contribution in [0.15, 0.2) is 24.3 Å². The molecule has 0 heterocycles. The number of unbranched alkanes of at least 4 members (excludes halogenated alkanes) is 1. The number of benzene rings is 1.